The van der Waals surface area contributed by atoms with Crippen LogP contribution in [-0.4, -0.2) is 90.2 Å². The summed E-state index contributed by atoms with van der Waals surface area (Å²) in [5, 5.41) is 3.05. The van der Waals surface area contributed by atoms with Crippen LogP contribution in [0, 0.1) is 6.92 Å². The van der Waals surface area contributed by atoms with Gasteiger partial charge in [0.25, 0.3) is 5.91 Å². The average Bonchev–Trinajstić information content (AvgIpc) is 3.35. The number of fused-ring (bicyclic) bond motifs is 2. The predicted molar refractivity (Wildman–Crippen MR) is 122 cm³/mol. The molecule has 0 aliphatic carbocycles. The van der Waals surface area contributed by atoms with E-state index < -0.39 is 12.0 Å². The van der Waals surface area contributed by atoms with E-state index >= 15 is 0 Å². The molecular weight excluding hydrogens is 428 g/mol. The second-order valence-electron chi connectivity index (χ2n) is 9.40. The Morgan fingerprint density at radius 3 is 2.48 bits per heavy atom. The van der Waals surface area contributed by atoms with Crippen LogP contribution in [-0.2, 0) is 25.5 Å². The van der Waals surface area contributed by atoms with Crippen LogP contribution in [0.25, 0.3) is 0 Å². The highest BCUT2D eigenvalue weighted by atomic mass is 16.5. The largest absolute Gasteiger partial charge is 0.469 e. The Labute approximate surface area is 194 Å². The van der Waals surface area contributed by atoms with E-state index in [4.69, 9.17) is 9.72 Å². The summed E-state index contributed by atoms with van der Waals surface area (Å²) in [6.07, 6.45) is 2.61. The molecule has 0 radical (unpaired) electrons. The van der Waals surface area contributed by atoms with E-state index in [1.54, 1.807) is 10.9 Å². The molecule has 3 heterocycles. The van der Waals surface area contributed by atoms with Crippen LogP contribution >= 0.6 is 0 Å². The van der Waals surface area contributed by atoms with Crippen molar-refractivity contribution in [3.05, 3.63) is 11.4 Å². The van der Waals surface area contributed by atoms with Gasteiger partial charge in [0.05, 0.1) is 44.9 Å². The lowest BCUT2D eigenvalue weighted by Gasteiger charge is -2.44. The van der Waals surface area contributed by atoms with E-state index in [0.717, 1.165) is 11.4 Å². The second-order valence-corrected chi connectivity index (χ2v) is 9.40. The lowest BCUT2D eigenvalue weighted by atomic mass is 10.0. The van der Waals surface area contributed by atoms with Gasteiger partial charge in [-0.05, 0) is 40.5 Å². The Bertz CT molecular complexity index is 950. The fraction of sp³-hybridized carbons (Fsp3) is 0.682. The first kappa shape index (κ1) is 24.7. The molecule has 1 N–H and O–H groups in total. The number of esters is 2. The molecule has 33 heavy (non-hydrogen) atoms. The highest BCUT2D eigenvalue weighted by Gasteiger charge is 2.49. The van der Waals surface area contributed by atoms with Crippen molar-refractivity contribution in [2.75, 3.05) is 32.7 Å². The van der Waals surface area contributed by atoms with Gasteiger partial charge in [0.2, 0.25) is 5.95 Å². The maximum absolute atomic E-state index is 13.5. The number of nitrogens with zero attached hydrogens (tertiary/aromatic N) is 5. The van der Waals surface area contributed by atoms with Crippen molar-refractivity contribution in [3.8, 4) is 0 Å². The van der Waals surface area contributed by atoms with Crippen LogP contribution in [0.5, 0.6) is 0 Å². The number of rotatable bonds is 8. The molecule has 11 heteroatoms. The van der Waals surface area contributed by atoms with Crippen LogP contribution in [0.3, 0.4) is 0 Å². The summed E-state index contributed by atoms with van der Waals surface area (Å²) < 4.78 is 11.1. The zero-order chi connectivity index (χ0) is 24.5. The van der Waals surface area contributed by atoms with Crippen LogP contribution in [0.15, 0.2) is 4.99 Å². The van der Waals surface area contributed by atoms with E-state index in [1.165, 1.54) is 14.2 Å². The minimum absolute atomic E-state index is 0.0234. The molecule has 182 valence electrons. The summed E-state index contributed by atoms with van der Waals surface area (Å²) >= 11 is 0. The SMILES string of the molecule is COC(=O)CNC(CCc1c(C)nc2n1C(=O)C1N=CN(C(C)(C)C)C1N2C)CC(=O)OC. The molecule has 0 aromatic carbocycles. The maximum atomic E-state index is 13.5. The molecule has 1 aromatic rings. The number of ether oxygens (including phenoxy) is 2. The molecule has 0 spiro atoms. The highest BCUT2D eigenvalue weighted by molar-refractivity contribution is 5.93. The molecule has 0 saturated heterocycles. The summed E-state index contributed by atoms with van der Waals surface area (Å²) in [5.74, 6) is -0.335. The van der Waals surface area contributed by atoms with Gasteiger partial charge < -0.3 is 24.6 Å². The number of likely N-dealkylation sites (N-methyl/N-ethyl adjacent to an activating group) is 1. The first-order valence-electron chi connectivity index (χ1n) is 11.0. The zero-order valence-electron chi connectivity index (χ0n) is 20.4. The van der Waals surface area contributed by atoms with Gasteiger partial charge in [0, 0.05) is 18.6 Å². The number of carbonyl (C=O) groups is 3. The Balaban J connectivity index is 1.83. The van der Waals surface area contributed by atoms with E-state index in [0.29, 0.717) is 18.8 Å². The summed E-state index contributed by atoms with van der Waals surface area (Å²) in [6, 6.07) is -0.871. The highest BCUT2D eigenvalue weighted by Crippen LogP contribution is 2.35. The number of nitrogens with one attached hydrogen (secondary N) is 1. The van der Waals surface area contributed by atoms with Gasteiger partial charge in [-0.15, -0.1) is 0 Å². The van der Waals surface area contributed by atoms with Crippen molar-refractivity contribution >= 4 is 30.1 Å². The van der Waals surface area contributed by atoms with Gasteiger partial charge in [-0.2, -0.15) is 0 Å². The van der Waals surface area contributed by atoms with E-state index in [9.17, 15) is 14.4 Å². The number of hydrogen-bond donors (Lipinski definition) is 1. The van der Waals surface area contributed by atoms with E-state index in [-0.39, 0.29) is 42.6 Å². The Hall–Kier alpha value is -2.95. The molecule has 1 aromatic heterocycles. The van der Waals surface area contributed by atoms with Gasteiger partial charge in [0.1, 0.15) is 6.17 Å². The molecule has 11 nitrogen and oxygen atoms in total. The van der Waals surface area contributed by atoms with Crippen molar-refractivity contribution < 1.29 is 23.9 Å². The predicted octanol–water partition coefficient (Wildman–Crippen LogP) is 0.746. The van der Waals surface area contributed by atoms with E-state index in [2.05, 4.69) is 40.7 Å². The second kappa shape index (κ2) is 9.50. The lowest BCUT2D eigenvalue weighted by molar-refractivity contribution is -0.143. The number of aliphatic imine (C=N–C) groups is 1. The molecule has 0 bridgehead atoms. The Morgan fingerprint density at radius 1 is 1.21 bits per heavy atom. The molecule has 0 amide bonds. The number of hydrogen-bond acceptors (Lipinski definition) is 10. The number of carbonyl (C=O) groups excluding carboxylic acids is 3. The minimum atomic E-state index is -0.544. The topological polar surface area (TPSA) is 118 Å². The first-order valence-corrected chi connectivity index (χ1v) is 11.0. The third-order valence-electron chi connectivity index (χ3n) is 6.17. The van der Waals surface area contributed by atoms with Gasteiger partial charge >= 0.3 is 11.9 Å². The van der Waals surface area contributed by atoms with Gasteiger partial charge in [-0.1, -0.05) is 0 Å². The number of methoxy groups -OCH3 is 2. The monoisotopic (exact) mass is 462 g/mol. The van der Waals surface area contributed by atoms with Gasteiger partial charge in [-0.25, -0.2) is 4.98 Å². The maximum Gasteiger partial charge on any atom is 0.319 e. The smallest absolute Gasteiger partial charge is 0.319 e. The standard InChI is InChI=1S/C22H34N6O5/c1-13-15(9-8-14(10-16(29)32-6)23-11-17(30)33-7)28-20(31)18-19(26(5)21(28)25-13)27(12-24-18)22(2,3)4/h12,14,18-19,23H,8-11H2,1-7H3. The summed E-state index contributed by atoms with van der Waals surface area (Å²) in [7, 11) is 4.56. The summed E-state index contributed by atoms with van der Waals surface area (Å²) in [6.45, 7) is 8.10. The zero-order valence-corrected chi connectivity index (χ0v) is 20.4. The van der Waals surface area contributed by atoms with Gasteiger partial charge in [-0.3, -0.25) is 23.9 Å². The van der Waals surface area contributed by atoms with Gasteiger partial charge in [0.15, 0.2) is 6.04 Å². The molecule has 3 rings (SSSR count). The fourth-order valence-corrected chi connectivity index (χ4v) is 4.33. The Kier molecular flexibility index (Phi) is 7.11. The number of aryl methyl sites for hydroxylation is 1. The van der Waals surface area contributed by atoms with E-state index in [1.807, 2.05) is 18.9 Å². The number of aromatic nitrogens is 2. The minimum Gasteiger partial charge on any atom is -0.469 e. The van der Waals surface area contributed by atoms with Crippen molar-refractivity contribution in [2.45, 2.75) is 70.7 Å². The molecule has 0 fully saturated rings. The molecule has 3 atom stereocenters. The molecular formula is C22H34N6O5. The van der Waals surface area contributed by atoms with Crippen LogP contribution in [0.2, 0.25) is 0 Å². The van der Waals surface area contributed by atoms with Crippen molar-refractivity contribution in [1.29, 1.82) is 0 Å². The van der Waals surface area contributed by atoms with Crippen molar-refractivity contribution in [1.82, 2.24) is 19.8 Å². The van der Waals surface area contributed by atoms with Crippen LogP contribution in [0.1, 0.15) is 49.8 Å². The van der Waals surface area contributed by atoms with Crippen LogP contribution < -0.4 is 10.2 Å². The number of imidazole rings is 1. The third kappa shape index (κ3) is 4.87. The third-order valence-corrected chi connectivity index (χ3v) is 6.17. The first-order chi connectivity index (χ1) is 15.5. The van der Waals surface area contributed by atoms with Crippen LogP contribution in [0.4, 0.5) is 5.95 Å². The normalized spacial score (nSPS) is 20.5. The van der Waals surface area contributed by atoms with Crippen molar-refractivity contribution in [3.63, 3.8) is 0 Å². The molecule has 0 saturated carbocycles. The summed E-state index contributed by atoms with van der Waals surface area (Å²) in [5.41, 5.74) is 1.33. The lowest BCUT2D eigenvalue weighted by Crippen LogP contribution is -2.60. The quantitative estimate of drug-likeness (QED) is 0.558. The average molecular weight is 463 g/mol. The molecule has 2 aliphatic rings. The fourth-order valence-electron chi connectivity index (χ4n) is 4.33. The Morgan fingerprint density at radius 2 is 1.88 bits per heavy atom. The van der Waals surface area contributed by atoms with Crippen molar-refractivity contribution in [2.24, 2.45) is 4.99 Å². The molecule has 3 unspecified atom stereocenters. The number of anilines is 1. The molecule has 2 aliphatic heterocycles. The summed E-state index contributed by atoms with van der Waals surface area (Å²) in [4.78, 5) is 50.2.